The molecule has 0 unspecified atom stereocenters. The number of hydrogen-bond acceptors (Lipinski definition) is 7. The second-order valence-corrected chi connectivity index (χ2v) is 15.0. The van der Waals surface area contributed by atoms with Crippen LogP contribution in [0.2, 0.25) is 5.02 Å². The summed E-state index contributed by atoms with van der Waals surface area (Å²) in [6.45, 7) is 5.65. The topological polar surface area (TPSA) is 108 Å². The fraction of sp³-hybridized carbons (Fsp3) is 0.545. The number of carbonyl (C=O) groups is 1. The van der Waals surface area contributed by atoms with Gasteiger partial charge in [0.25, 0.3) is 5.91 Å². The van der Waals surface area contributed by atoms with E-state index in [1.165, 1.54) is 5.56 Å². The Hall–Kier alpha value is -2.59. The van der Waals surface area contributed by atoms with Gasteiger partial charge in [-0.2, -0.15) is 0 Å². The van der Waals surface area contributed by atoms with Crippen molar-refractivity contribution in [1.82, 2.24) is 10.0 Å². The fourth-order valence-electron chi connectivity index (χ4n) is 6.67. The van der Waals surface area contributed by atoms with Gasteiger partial charge in [0, 0.05) is 30.2 Å². The summed E-state index contributed by atoms with van der Waals surface area (Å²) in [5.41, 5.74) is 2.20. The summed E-state index contributed by atoms with van der Waals surface area (Å²) in [4.78, 5) is 15.6. The van der Waals surface area contributed by atoms with E-state index in [2.05, 4.69) is 14.9 Å². The van der Waals surface area contributed by atoms with Crippen LogP contribution >= 0.6 is 11.6 Å². The molecule has 0 saturated heterocycles. The SMILES string of the molecule is CNC[C@]1(O)/C=C/C[C@H](C)[C@@H](C)S(=O)(=O)NC(=O)c2ccc3c(c2)N(CCCCc2cc(Cl)ccc2CO3)C[C@@H]2CC[C@H]21. The van der Waals surface area contributed by atoms with E-state index in [1.54, 1.807) is 25.1 Å². The number of halogens is 1. The molecular formula is C33H44ClN3O5S. The molecule has 0 radical (unpaired) electrons. The number of aryl methyl sites for hydroxylation is 1. The number of fused-ring (bicyclic) bond motifs is 3. The van der Waals surface area contributed by atoms with Crippen LogP contribution in [0.3, 0.4) is 0 Å². The normalized spacial score (nSPS) is 30.3. The molecule has 5 atom stereocenters. The van der Waals surface area contributed by atoms with Crippen LogP contribution in [0.5, 0.6) is 5.75 Å². The maximum atomic E-state index is 13.4. The molecule has 1 aliphatic carbocycles. The molecule has 3 aliphatic rings. The lowest BCUT2D eigenvalue weighted by Crippen LogP contribution is -2.54. The molecular weight excluding hydrogens is 586 g/mol. The van der Waals surface area contributed by atoms with Gasteiger partial charge in [-0.1, -0.05) is 36.7 Å². The molecule has 0 spiro atoms. The molecule has 234 valence electrons. The molecule has 1 amide bonds. The van der Waals surface area contributed by atoms with Crippen molar-refractivity contribution in [2.24, 2.45) is 17.8 Å². The van der Waals surface area contributed by atoms with Crippen LogP contribution in [-0.2, 0) is 23.1 Å². The molecule has 2 aromatic carbocycles. The standard InChI is InChI=1S/C33H44ClN3O5S/c1-22-7-6-15-33(39,21-35-3)29-13-10-26(29)19-37-16-5-4-8-24-17-28(34)12-9-27(24)20-42-31-14-11-25(18-30(31)37)32(38)36-43(40,41)23(22)2/h6,9,11-12,14-15,17-18,22-23,26,29,35,39H,4-5,7-8,10,13,16,19-21H2,1-3H3,(H,36,38)/b15-6+/t22-,23+,26-,29+,33+/m0/s1. The Morgan fingerprint density at radius 2 is 1.95 bits per heavy atom. The summed E-state index contributed by atoms with van der Waals surface area (Å²) in [6, 6.07) is 11.0. The minimum atomic E-state index is -3.95. The van der Waals surface area contributed by atoms with E-state index in [-0.39, 0.29) is 23.3 Å². The first kappa shape index (κ1) is 31.8. The Labute approximate surface area is 260 Å². The zero-order valence-electron chi connectivity index (χ0n) is 25.3. The van der Waals surface area contributed by atoms with Gasteiger partial charge in [0.05, 0.1) is 16.5 Å². The van der Waals surface area contributed by atoms with Gasteiger partial charge in [-0.05, 0) is 112 Å². The minimum Gasteiger partial charge on any atom is -0.487 e. The predicted molar refractivity (Wildman–Crippen MR) is 171 cm³/mol. The highest BCUT2D eigenvalue weighted by atomic mass is 35.5. The summed E-state index contributed by atoms with van der Waals surface area (Å²) in [7, 11) is -2.11. The second kappa shape index (κ2) is 13.2. The predicted octanol–water partition coefficient (Wildman–Crippen LogP) is 5.08. The number of carbonyl (C=O) groups excluding carboxylic acids is 1. The zero-order valence-corrected chi connectivity index (χ0v) is 26.9. The van der Waals surface area contributed by atoms with E-state index in [0.717, 1.165) is 49.9 Å². The van der Waals surface area contributed by atoms with Gasteiger partial charge in [0.2, 0.25) is 10.0 Å². The monoisotopic (exact) mass is 629 g/mol. The summed E-state index contributed by atoms with van der Waals surface area (Å²) in [6.07, 6.45) is 8.88. The molecule has 1 saturated carbocycles. The molecule has 43 heavy (non-hydrogen) atoms. The van der Waals surface area contributed by atoms with Crippen molar-refractivity contribution in [2.45, 2.75) is 69.8 Å². The van der Waals surface area contributed by atoms with Crippen LogP contribution in [-0.4, -0.2) is 57.0 Å². The van der Waals surface area contributed by atoms with E-state index in [9.17, 15) is 18.3 Å². The average molecular weight is 630 g/mol. The Bertz CT molecular complexity index is 1460. The molecule has 2 aromatic rings. The van der Waals surface area contributed by atoms with Crippen LogP contribution in [0.1, 0.15) is 67.4 Å². The van der Waals surface area contributed by atoms with Crippen molar-refractivity contribution in [2.75, 3.05) is 31.6 Å². The van der Waals surface area contributed by atoms with E-state index in [0.29, 0.717) is 36.9 Å². The average Bonchev–Trinajstić information content (AvgIpc) is 2.97. The number of likely N-dealkylation sites (N-methyl/N-ethyl adjacent to an activating group) is 1. The van der Waals surface area contributed by atoms with Gasteiger partial charge < -0.3 is 20.1 Å². The first-order valence-electron chi connectivity index (χ1n) is 15.4. The lowest BCUT2D eigenvalue weighted by molar-refractivity contribution is -0.0425. The molecule has 1 fully saturated rings. The Morgan fingerprint density at radius 1 is 1.14 bits per heavy atom. The first-order chi connectivity index (χ1) is 20.5. The summed E-state index contributed by atoms with van der Waals surface area (Å²) < 4.78 is 35.2. The number of allylic oxidation sites excluding steroid dienone is 1. The van der Waals surface area contributed by atoms with Crippen molar-refractivity contribution in [3.05, 3.63) is 70.3 Å². The van der Waals surface area contributed by atoms with Crippen LogP contribution < -0.4 is 19.7 Å². The van der Waals surface area contributed by atoms with Crippen LogP contribution in [0, 0.1) is 17.8 Å². The van der Waals surface area contributed by atoms with E-state index in [4.69, 9.17) is 16.3 Å². The lowest BCUT2D eigenvalue weighted by Gasteiger charge is -2.48. The molecule has 5 rings (SSSR count). The van der Waals surface area contributed by atoms with Gasteiger partial charge in [0.1, 0.15) is 12.4 Å². The van der Waals surface area contributed by atoms with Crippen molar-refractivity contribution in [1.29, 1.82) is 0 Å². The third kappa shape index (κ3) is 7.06. The lowest BCUT2D eigenvalue weighted by atomic mass is 9.64. The molecule has 3 N–H and O–H groups in total. The third-order valence-electron chi connectivity index (χ3n) is 9.65. The molecule has 8 nitrogen and oxygen atoms in total. The third-order valence-corrected chi connectivity index (χ3v) is 11.8. The highest BCUT2D eigenvalue weighted by molar-refractivity contribution is 7.90. The molecule has 2 bridgehead atoms. The summed E-state index contributed by atoms with van der Waals surface area (Å²) in [5, 5.41) is 15.0. The first-order valence-corrected chi connectivity index (χ1v) is 17.3. The maximum absolute atomic E-state index is 13.4. The maximum Gasteiger partial charge on any atom is 0.264 e. The van der Waals surface area contributed by atoms with Gasteiger partial charge in [-0.3, -0.25) is 4.79 Å². The number of nitrogens with one attached hydrogen (secondary N) is 2. The smallest absolute Gasteiger partial charge is 0.264 e. The highest BCUT2D eigenvalue weighted by Gasteiger charge is 2.45. The van der Waals surface area contributed by atoms with Crippen LogP contribution in [0.4, 0.5) is 5.69 Å². The number of anilines is 1. The number of aliphatic hydroxyl groups is 1. The van der Waals surface area contributed by atoms with Gasteiger partial charge in [-0.15, -0.1) is 0 Å². The quantitative estimate of drug-likeness (QED) is 0.398. The Kier molecular flexibility index (Phi) is 9.76. The second-order valence-electron chi connectivity index (χ2n) is 12.5. The van der Waals surface area contributed by atoms with Crippen molar-refractivity contribution < 1.29 is 23.1 Å². The van der Waals surface area contributed by atoms with Crippen molar-refractivity contribution >= 4 is 33.2 Å². The number of hydrogen-bond donors (Lipinski definition) is 3. The van der Waals surface area contributed by atoms with E-state index >= 15 is 0 Å². The Morgan fingerprint density at radius 3 is 2.70 bits per heavy atom. The number of nitrogens with zero attached hydrogens (tertiary/aromatic N) is 1. The van der Waals surface area contributed by atoms with Gasteiger partial charge in [0.15, 0.2) is 0 Å². The van der Waals surface area contributed by atoms with E-state index < -0.39 is 26.8 Å². The van der Waals surface area contributed by atoms with Crippen LogP contribution in [0.25, 0.3) is 0 Å². The molecule has 2 aliphatic heterocycles. The molecule has 2 heterocycles. The number of amides is 1. The fourth-order valence-corrected chi connectivity index (χ4v) is 8.15. The molecule has 0 aromatic heterocycles. The van der Waals surface area contributed by atoms with E-state index in [1.807, 2.05) is 44.3 Å². The van der Waals surface area contributed by atoms with Gasteiger partial charge >= 0.3 is 0 Å². The zero-order chi connectivity index (χ0) is 30.8. The summed E-state index contributed by atoms with van der Waals surface area (Å²) >= 11 is 6.32. The highest BCUT2D eigenvalue weighted by Crippen LogP contribution is 2.44. The van der Waals surface area contributed by atoms with Crippen molar-refractivity contribution in [3.63, 3.8) is 0 Å². The minimum absolute atomic E-state index is 0.0426. The number of benzene rings is 2. The molecule has 10 heteroatoms. The number of rotatable bonds is 2. The van der Waals surface area contributed by atoms with Crippen LogP contribution in [0.15, 0.2) is 48.6 Å². The van der Waals surface area contributed by atoms with Gasteiger partial charge in [-0.25, -0.2) is 13.1 Å². The number of sulfonamides is 1. The largest absolute Gasteiger partial charge is 0.487 e. The Balaban J connectivity index is 1.57. The number of ether oxygens (including phenoxy) is 1. The summed E-state index contributed by atoms with van der Waals surface area (Å²) in [5.74, 6) is -0.00476. The van der Waals surface area contributed by atoms with Crippen molar-refractivity contribution in [3.8, 4) is 5.75 Å².